The normalized spacial score (nSPS) is 10.2. The fourth-order valence-electron chi connectivity index (χ4n) is 1.83. The molecule has 1 aromatic rings. The van der Waals surface area contributed by atoms with Crippen LogP contribution in [0.5, 0.6) is 0 Å². The molecule has 0 aliphatic rings. The predicted molar refractivity (Wildman–Crippen MR) is 84.7 cm³/mol. The maximum atomic E-state index is 11.9. The van der Waals surface area contributed by atoms with E-state index in [1.54, 1.807) is 0 Å². The first-order chi connectivity index (χ1) is 9.54. The topological polar surface area (TPSA) is 49.4 Å². The summed E-state index contributed by atoms with van der Waals surface area (Å²) in [5.41, 5.74) is 0.718. The molecule has 0 aromatic heterocycles. The van der Waals surface area contributed by atoms with Crippen molar-refractivity contribution in [3.05, 3.63) is 28.7 Å². The molecule has 0 fully saturated rings. The summed E-state index contributed by atoms with van der Waals surface area (Å²) in [5, 5.41) is 2.84. The number of anilines is 1. The van der Waals surface area contributed by atoms with Gasteiger partial charge in [0, 0.05) is 23.6 Å². The van der Waals surface area contributed by atoms with E-state index in [9.17, 15) is 9.59 Å². The maximum absolute atomic E-state index is 11.9. The number of unbranched alkanes of at least 4 members (excludes halogenated alkanes) is 2. The summed E-state index contributed by atoms with van der Waals surface area (Å²) in [7, 11) is 0. The van der Waals surface area contributed by atoms with Crippen LogP contribution in [0.3, 0.4) is 0 Å². The van der Waals surface area contributed by atoms with Gasteiger partial charge in [0.05, 0.1) is 0 Å². The molecular weight excluding hydrogens is 320 g/mol. The molecule has 0 bridgehead atoms. The largest absolute Gasteiger partial charge is 0.355 e. The molecule has 0 atom stereocenters. The van der Waals surface area contributed by atoms with Crippen LogP contribution < -0.4 is 10.2 Å². The second-order valence-electron chi connectivity index (χ2n) is 4.64. The van der Waals surface area contributed by atoms with Gasteiger partial charge < -0.3 is 10.2 Å². The Labute approximate surface area is 128 Å². The fraction of sp³-hybridized carbons (Fsp3) is 0.467. The molecule has 0 saturated heterocycles. The van der Waals surface area contributed by atoms with Gasteiger partial charge in [0.15, 0.2) is 0 Å². The minimum atomic E-state index is -0.146. The lowest BCUT2D eigenvalue weighted by Crippen LogP contribution is -2.40. The van der Waals surface area contributed by atoms with Crippen LogP contribution in [0.25, 0.3) is 0 Å². The molecule has 0 aliphatic heterocycles. The van der Waals surface area contributed by atoms with Gasteiger partial charge in [0.2, 0.25) is 11.8 Å². The van der Waals surface area contributed by atoms with Gasteiger partial charge in [0.1, 0.15) is 6.54 Å². The van der Waals surface area contributed by atoms with Gasteiger partial charge in [-0.05, 0) is 24.6 Å². The van der Waals surface area contributed by atoms with Gasteiger partial charge in [-0.25, -0.2) is 0 Å². The molecule has 0 unspecified atom stereocenters. The third-order valence-electron chi connectivity index (χ3n) is 2.90. The van der Waals surface area contributed by atoms with E-state index in [1.165, 1.54) is 11.8 Å². The average Bonchev–Trinajstić information content (AvgIpc) is 2.40. The van der Waals surface area contributed by atoms with Crippen molar-refractivity contribution in [1.82, 2.24) is 5.32 Å². The fourth-order valence-corrected chi connectivity index (χ4v) is 2.22. The van der Waals surface area contributed by atoms with Crippen molar-refractivity contribution in [2.75, 3.05) is 18.0 Å². The number of carbonyl (C=O) groups excluding carboxylic acids is 2. The van der Waals surface area contributed by atoms with Crippen molar-refractivity contribution in [2.24, 2.45) is 0 Å². The molecule has 0 aliphatic carbocycles. The summed E-state index contributed by atoms with van der Waals surface area (Å²) < 4.78 is 0.879. The number of benzene rings is 1. The van der Waals surface area contributed by atoms with Crippen LogP contribution in [-0.4, -0.2) is 24.9 Å². The van der Waals surface area contributed by atoms with Crippen LogP contribution >= 0.6 is 15.9 Å². The number of hydrogen-bond donors (Lipinski definition) is 1. The molecule has 2 amide bonds. The molecule has 1 N–H and O–H groups in total. The molecule has 0 saturated carbocycles. The molecule has 110 valence electrons. The van der Waals surface area contributed by atoms with E-state index >= 15 is 0 Å². The molecule has 1 rings (SSSR count). The monoisotopic (exact) mass is 340 g/mol. The highest BCUT2D eigenvalue weighted by atomic mass is 79.9. The van der Waals surface area contributed by atoms with Crippen LogP contribution in [0.4, 0.5) is 5.69 Å². The van der Waals surface area contributed by atoms with E-state index in [2.05, 4.69) is 28.2 Å². The van der Waals surface area contributed by atoms with Gasteiger partial charge in [0.25, 0.3) is 0 Å². The van der Waals surface area contributed by atoms with E-state index in [1.807, 2.05) is 24.3 Å². The lowest BCUT2D eigenvalue weighted by molar-refractivity contribution is -0.123. The first-order valence-electron chi connectivity index (χ1n) is 6.85. The number of hydrogen-bond acceptors (Lipinski definition) is 2. The first-order valence-corrected chi connectivity index (χ1v) is 7.64. The quantitative estimate of drug-likeness (QED) is 0.775. The van der Waals surface area contributed by atoms with E-state index in [4.69, 9.17) is 0 Å². The Hall–Kier alpha value is -1.36. The Morgan fingerprint density at radius 1 is 1.30 bits per heavy atom. The molecule has 1 aromatic carbocycles. The van der Waals surface area contributed by atoms with Crippen molar-refractivity contribution >= 4 is 33.4 Å². The molecule has 5 heteroatoms. The number of amides is 2. The smallest absolute Gasteiger partial charge is 0.240 e. The number of carbonyl (C=O) groups is 2. The number of nitrogens with zero attached hydrogens (tertiary/aromatic N) is 1. The third-order valence-corrected chi connectivity index (χ3v) is 3.40. The van der Waals surface area contributed by atoms with E-state index < -0.39 is 0 Å². The lowest BCUT2D eigenvalue weighted by atomic mass is 10.2. The van der Waals surface area contributed by atoms with Crippen LogP contribution in [-0.2, 0) is 9.59 Å². The maximum Gasteiger partial charge on any atom is 0.240 e. The van der Waals surface area contributed by atoms with Gasteiger partial charge >= 0.3 is 0 Å². The van der Waals surface area contributed by atoms with Crippen molar-refractivity contribution in [3.63, 3.8) is 0 Å². The van der Waals surface area contributed by atoms with Gasteiger partial charge in [-0.15, -0.1) is 0 Å². The highest BCUT2D eigenvalue weighted by Crippen LogP contribution is 2.19. The number of halogens is 1. The van der Waals surface area contributed by atoms with Crippen LogP contribution in [0.1, 0.15) is 33.1 Å². The summed E-state index contributed by atoms with van der Waals surface area (Å²) in [5.74, 6) is -0.275. The zero-order valence-corrected chi connectivity index (χ0v) is 13.6. The summed E-state index contributed by atoms with van der Waals surface area (Å²) >= 11 is 3.37. The molecule has 0 heterocycles. The van der Waals surface area contributed by atoms with Crippen molar-refractivity contribution in [2.45, 2.75) is 33.1 Å². The van der Waals surface area contributed by atoms with Crippen LogP contribution in [0, 0.1) is 0 Å². The van der Waals surface area contributed by atoms with Gasteiger partial charge in [-0.3, -0.25) is 9.59 Å². The Bertz CT molecular complexity index is 463. The Balaban J connectivity index is 2.59. The second kappa shape index (κ2) is 8.74. The zero-order chi connectivity index (χ0) is 15.0. The molecule has 20 heavy (non-hydrogen) atoms. The Kier molecular flexibility index (Phi) is 7.30. The lowest BCUT2D eigenvalue weighted by Gasteiger charge is -2.21. The standard InChI is InChI=1S/C15H21BrN2O2/c1-3-4-5-9-17-15(20)11-18(12(2)19)14-8-6-7-13(16)10-14/h6-8,10H,3-5,9,11H2,1-2H3,(H,17,20). The average molecular weight is 341 g/mol. The Morgan fingerprint density at radius 3 is 2.65 bits per heavy atom. The van der Waals surface area contributed by atoms with E-state index in [-0.39, 0.29) is 18.4 Å². The molecular formula is C15H21BrN2O2. The van der Waals surface area contributed by atoms with Crippen LogP contribution in [0.15, 0.2) is 28.7 Å². The number of nitrogens with one attached hydrogen (secondary N) is 1. The molecule has 0 radical (unpaired) electrons. The van der Waals surface area contributed by atoms with E-state index in [0.29, 0.717) is 6.54 Å². The van der Waals surface area contributed by atoms with Crippen LogP contribution in [0.2, 0.25) is 0 Å². The summed E-state index contributed by atoms with van der Waals surface area (Å²) in [6, 6.07) is 7.36. The van der Waals surface area contributed by atoms with Gasteiger partial charge in [-0.1, -0.05) is 41.8 Å². The summed E-state index contributed by atoms with van der Waals surface area (Å²) in [6.45, 7) is 4.30. The minimum absolute atomic E-state index is 0.0535. The summed E-state index contributed by atoms with van der Waals surface area (Å²) in [4.78, 5) is 25.0. The number of rotatable bonds is 7. The highest BCUT2D eigenvalue weighted by molar-refractivity contribution is 9.10. The first kappa shape index (κ1) is 16.7. The second-order valence-corrected chi connectivity index (χ2v) is 5.56. The Morgan fingerprint density at radius 2 is 2.05 bits per heavy atom. The van der Waals surface area contributed by atoms with Gasteiger partial charge in [-0.2, -0.15) is 0 Å². The zero-order valence-electron chi connectivity index (χ0n) is 12.0. The van der Waals surface area contributed by atoms with Crippen molar-refractivity contribution in [3.8, 4) is 0 Å². The molecule has 4 nitrogen and oxygen atoms in total. The summed E-state index contributed by atoms with van der Waals surface area (Å²) in [6.07, 6.45) is 3.19. The highest BCUT2D eigenvalue weighted by Gasteiger charge is 2.15. The van der Waals surface area contributed by atoms with E-state index in [0.717, 1.165) is 29.4 Å². The van der Waals surface area contributed by atoms with Crippen molar-refractivity contribution in [1.29, 1.82) is 0 Å². The third kappa shape index (κ3) is 5.74. The predicted octanol–water partition coefficient (Wildman–Crippen LogP) is 3.11. The SMILES string of the molecule is CCCCCNC(=O)CN(C(C)=O)c1cccc(Br)c1. The van der Waals surface area contributed by atoms with Crippen molar-refractivity contribution < 1.29 is 9.59 Å². The minimum Gasteiger partial charge on any atom is -0.355 e. The molecule has 0 spiro atoms.